The number of rotatable bonds is 12. The summed E-state index contributed by atoms with van der Waals surface area (Å²) in [5.74, 6) is 0.361. The lowest BCUT2D eigenvalue weighted by atomic mass is 9.97. The summed E-state index contributed by atoms with van der Waals surface area (Å²) < 4.78 is 17.5. The maximum Gasteiger partial charge on any atom is 0.332 e. The molecule has 138 valence electrons. The van der Waals surface area contributed by atoms with Gasteiger partial charge in [-0.3, -0.25) is 4.57 Å². The molecule has 0 saturated heterocycles. The van der Waals surface area contributed by atoms with Crippen molar-refractivity contribution in [3.63, 3.8) is 0 Å². The van der Waals surface area contributed by atoms with E-state index in [0.717, 1.165) is 68.1 Å². The average Bonchev–Trinajstić information content (AvgIpc) is 2.53. The van der Waals surface area contributed by atoms with Gasteiger partial charge in [0.2, 0.25) is 0 Å². The van der Waals surface area contributed by atoms with Gasteiger partial charge in [0.25, 0.3) is 0 Å². The molecule has 0 aliphatic heterocycles. The fourth-order valence-electron chi connectivity index (χ4n) is 2.67. The van der Waals surface area contributed by atoms with Gasteiger partial charge in [0.15, 0.2) is 0 Å². The molecule has 1 atom stereocenters. The molecule has 0 saturated carbocycles. The summed E-state index contributed by atoms with van der Waals surface area (Å²) in [7, 11) is -3.63. The van der Waals surface area contributed by atoms with E-state index in [1.165, 1.54) is 0 Å². The smallest absolute Gasteiger partial charge is 0.332 e. The fraction of sp³-hybridized carbons (Fsp3) is 0.684. The van der Waals surface area contributed by atoms with E-state index in [2.05, 4.69) is 13.8 Å². The highest BCUT2D eigenvalue weighted by molar-refractivity contribution is 7.51. The van der Waals surface area contributed by atoms with Gasteiger partial charge in [-0.2, -0.15) is 0 Å². The topological polar surface area (TPSA) is 66.8 Å². The van der Waals surface area contributed by atoms with E-state index in [9.17, 15) is 14.6 Å². The summed E-state index contributed by atoms with van der Waals surface area (Å²) >= 11 is 0. The Hall–Kier alpha value is -0.830. The van der Waals surface area contributed by atoms with Crippen LogP contribution in [0.1, 0.15) is 76.0 Å². The Labute approximate surface area is 146 Å². The monoisotopic (exact) mass is 356 g/mol. The Bertz CT molecular complexity index is 513. The number of benzene rings is 1. The van der Waals surface area contributed by atoms with Crippen molar-refractivity contribution < 1.29 is 19.1 Å². The van der Waals surface area contributed by atoms with Crippen LogP contribution in [0.3, 0.4) is 0 Å². The number of hydrogen-bond acceptors (Lipinski definition) is 3. The molecule has 1 rings (SSSR count). The van der Waals surface area contributed by atoms with Gasteiger partial charge in [-0.1, -0.05) is 52.2 Å². The Balaban J connectivity index is 2.96. The molecule has 5 heteroatoms. The number of aromatic hydroxyl groups is 1. The van der Waals surface area contributed by atoms with Gasteiger partial charge in [0.1, 0.15) is 5.75 Å². The average molecular weight is 356 g/mol. The molecule has 0 bridgehead atoms. The molecule has 0 aliphatic rings. The first-order valence-corrected chi connectivity index (χ1v) is 11.0. The van der Waals surface area contributed by atoms with Crippen molar-refractivity contribution in [1.82, 2.24) is 0 Å². The third-order valence-electron chi connectivity index (χ3n) is 4.10. The van der Waals surface area contributed by atoms with Crippen LogP contribution in [0.5, 0.6) is 5.75 Å². The first-order valence-electron chi connectivity index (χ1n) is 9.23. The SMILES string of the molecule is CCCCOP(=O)(O)Cc1cc(CCCC)c(O)c(CCCC)c1. The van der Waals surface area contributed by atoms with Gasteiger partial charge >= 0.3 is 7.60 Å². The normalized spacial score (nSPS) is 13.8. The van der Waals surface area contributed by atoms with Crippen molar-refractivity contribution in [2.45, 2.75) is 78.3 Å². The van der Waals surface area contributed by atoms with Crippen LogP contribution in [0.4, 0.5) is 0 Å². The van der Waals surface area contributed by atoms with E-state index in [4.69, 9.17) is 4.52 Å². The Morgan fingerprint density at radius 2 is 1.46 bits per heavy atom. The van der Waals surface area contributed by atoms with E-state index < -0.39 is 7.60 Å². The number of aryl methyl sites for hydroxylation is 2. The molecule has 24 heavy (non-hydrogen) atoms. The lowest BCUT2D eigenvalue weighted by Crippen LogP contribution is -2.00. The molecule has 0 amide bonds. The molecule has 1 unspecified atom stereocenters. The van der Waals surface area contributed by atoms with Gasteiger partial charge in [-0.15, -0.1) is 0 Å². The molecule has 4 nitrogen and oxygen atoms in total. The highest BCUT2D eigenvalue weighted by Crippen LogP contribution is 2.46. The van der Waals surface area contributed by atoms with Crippen LogP contribution in [-0.2, 0) is 28.1 Å². The Kier molecular flexibility index (Phi) is 9.65. The minimum Gasteiger partial charge on any atom is -0.507 e. The molecule has 2 N–H and O–H groups in total. The minimum absolute atomic E-state index is 0.00917. The summed E-state index contributed by atoms with van der Waals surface area (Å²) in [6.07, 6.45) is 7.39. The van der Waals surface area contributed by atoms with Gasteiger partial charge in [-0.25, -0.2) is 0 Å². The zero-order valence-corrected chi connectivity index (χ0v) is 16.3. The summed E-state index contributed by atoms with van der Waals surface area (Å²) in [6.45, 7) is 6.56. The molecule has 0 heterocycles. The van der Waals surface area contributed by atoms with Crippen molar-refractivity contribution >= 4 is 7.60 Å². The van der Waals surface area contributed by atoms with Gasteiger partial charge in [0.05, 0.1) is 12.8 Å². The Morgan fingerprint density at radius 1 is 0.958 bits per heavy atom. The molecular weight excluding hydrogens is 323 g/mol. The first kappa shape index (κ1) is 21.2. The zero-order chi connectivity index (χ0) is 18.0. The highest BCUT2D eigenvalue weighted by Gasteiger charge is 2.21. The lowest BCUT2D eigenvalue weighted by molar-refractivity contribution is 0.254. The van der Waals surface area contributed by atoms with Crippen LogP contribution >= 0.6 is 7.60 Å². The second-order valence-corrected chi connectivity index (χ2v) is 8.30. The number of unbranched alkanes of at least 4 members (excludes halogenated alkanes) is 3. The van der Waals surface area contributed by atoms with Gasteiger partial charge < -0.3 is 14.5 Å². The molecule has 1 aromatic rings. The first-order chi connectivity index (χ1) is 11.4. The third-order valence-corrected chi connectivity index (χ3v) is 5.45. The van der Waals surface area contributed by atoms with Crippen LogP contribution in [0.2, 0.25) is 0 Å². The quantitative estimate of drug-likeness (QED) is 0.379. The maximum atomic E-state index is 12.3. The van der Waals surface area contributed by atoms with E-state index >= 15 is 0 Å². The molecular formula is C19H33O4P. The predicted octanol–water partition coefficient (Wildman–Crippen LogP) is 5.58. The van der Waals surface area contributed by atoms with Crippen molar-refractivity contribution in [2.75, 3.05) is 6.61 Å². The number of hydrogen-bond donors (Lipinski definition) is 2. The zero-order valence-electron chi connectivity index (χ0n) is 15.4. The van der Waals surface area contributed by atoms with Crippen LogP contribution in [0.15, 0.2) is 12.1 Å². The molecule has 0 fully saturated rings. The maximum absolute atomic E-state index is 12.3. The Morgan fingerprint density at radius 3 is 1.92 bits per heavy atom. The van der Waals surface area contributed by atoms with Crippen LogP contribution in [-0.4, -0.2) is 16.6 Å². The molecule has 0 radical (unpaired) electrons. The molecule has 1 aromatic carbocycles. The van der Waals surface area contributed by atoms with Crippen molar-refractivity contribution in [1.29, 1.82) is 0 Å². The summed E-state index contributed by atoms with van der Waals surface area (Å²) in [5.41, 5.74) is 2.55. The molecule has 0 aromatic heterocycles. The fourth-order valence-corrected chi connectivity index (χ4v) is 3.82. The third kappa shape index (κ3) is 7.38. The summed E-state index contributed by atoms with van der Waals surface area (Å²) in [5, 5.41) is 10.5. The second kappa shape index (κ2) is 10.9. The van der Waals surface area contributed by atoms with Crippen molar-refractivity contribution in [3.8, 4) is 5.75 Å². The second-order valence-electron chi connectivity index (χ2n) is 6.45. The van der Waals surface area contributed by atoms with Crippen LogP contribution in [0.25, 0.3) is 0 Å². The highest BCUT2D eigenvalue weighted by atomic mass is 31.2. The van der Waals surface area contributed by atoms with Crippen LogP contribution in [0, 0.1) is 0 Å². The largest absolute Gasteiger partial charge is 0.507 e. The van der Waals surface area contributed by atoms with E-state index in [-0.39, 0.29) is 6.16 Å². The lowest BCUT2D eigenvalue weighted by Gasteiger charge is -2.16. The molecule has 0 spiro atoms. The number of phenols is 1. The summed E-state index contributed by atoms with van der Waals surface area (Å²) in [4.78, 5) is 10.1. The van der Waals surface area contributed by atoms with Gasteiger partial charge in [-0.05, 0) is 48.8 Å². The number of phenolic OH excluding ortho intramolecular Hbond substituents is 1. The van der Waals surface area contributed by atoms with Crippen molar-refractivity contribution in [2.24, 2.45) is 0 Å². The van der Waals surface area contributed by atoms with E-state index in [1.807, 2.05) is 19.1 Å². The van der Waals surface area contributed by atoms with Crippen LogP contribution < -0.4 is 0 Å². The van der Waals surface area contributed by atoms with Crippen molar-refractivity contribution in [3.05, 3.63) is 28.8 Å². The summed E-state index contributed by atoms with van der Waals surface area (Å²) in [6, 6.07) is 3.74. The van der Waals surface area contributed by atoms with E-state index in [1.54, 1.807) is 0 Å². The van der Waals surface area contributed by atoms with Gasteiger partial charge in [0, 0.05) is 0 Å². The predicted molar refractivity (Wildman–Crippen MR) is 99.7 cm³/mol. The molecule has 0 aliphatic carbocycles. The minimum atomic E-state index is -3.63. The standard InChI is InChI=1S/C19H33O4P/c1-4-7-10-17-13-16(14-18(19(17)20)11-8-5-2)15-24(21,22)23-12-9-6-3/h13-14,20H,4-12,15H2,1-3H3,(H,21,22). The van der Waals surface area contributed by atoms with E-state index in [0.29, 0.717) is 12.4 Å².